The average Bonchev–Trinajstić information content (AvgIpc) is 2.66. The van der Waals surface area contributed by atoms with Crippen LogP contribution in [0.1, 0.15) is 18.9 Å². The molecule has 0 aliphatic carbocycles. The van der Waals surface area contributed by atoms with Crippen LogP contribution >= 0.6 is 11.8 Å². The molecule has 0 saturated carbocycles. The number of hydrogen-bond acceptors (Lipinski definition) is 5. The van der Waals surface area contributed by atoms with Crippen molar-refractivity contribution in [2.45, 2.75) is 41.0 Å². The number of nitrogens with zero attached hydrogens (tertiary/aromatic N) is 1. The Hall–Kier alpha value is -2.31. The molecular weight excluding hydrogens is 462 g/mol. The van der Waals surface area contributed by atoms with Crippen molar-refractivity contribution in [2.75, 3.05) is 10.1 Å². The molecule has 1 heterocycles. The highest BCUT2D eigenvalue weighted by Gasteiger charge is 2.51. The number of carboxylic acids is 1. The lowest BCUT2D eigenvalue weighted by Gasteiger charge is -2.37. The van der Waals surface area contributed by atoms with E-state index >= 15 is 0 Å². The van der Waals surface area contributed by atoms with E-state index < -0.39 is 51.6 Å². The van der Waals surface area contributed by atoms with Crippen molar-refractivity contribution in [3.8, 4) is 0 Å². The Morgan fingerprint density at radius 1 is 1.19 bits per heavy atom. The first kappa shape index (κ1) is 23.4. The Labute approximate surface area is 179 Å². The lowest BCUT2D eigenvalue weighted by molar-refractivity contribution is -0.258. The number of alkyl halides is 3. The third kappa shape index (κ3) is 4.37. The smallest absolute Gasteiger partial charge is 0.421 e. The van der Waals surface area contributed by atoms with Crippen LogP contribution in [0.2, 0.25) is 0 Å². The third-order valence-electron chi connectivity index (χ3n) is 4.85. The van der Waals surface area contributed by atoms with Crippen molar-refractivity contribution in [1.82, 2.24) is 0 Å². The molecule has 0 saturated heterocycles. The van der Waals surface area contributed by atoms with Gasteiger partial charge in [0, 0.05) is 10.6 Å². The molecule has 2 atom stereocenters. The Balaban J connectivity index is 2.14. The van der Waals surface area contributed by atoms with Crippen molar-refractivity contribution in [1.29, 1.82) is 0 Å². The zero-order valence-corrected chi connectivity index (χ0v) is 17.6. The van der Waals surface area contributed by atoms with Crippen LogP contribution in [-0.4, -0.2) is 42.6 Å². The number of aliphatic carboxylic acids is 1. The number of carboxylic acid groups (broad SMARTS) is 1. The summed E-state index contributed by atoms with van der Waals surface area (Å²) in [6.07, 6.45) is -5.51. The molecule has 2 aromatic carbocycles. The molecular formula is C19H17F4NO5S2. The van der Waals surface area contributed by atoms with Crippen LogP contribution in [0, 0.1) is 5.82 Å². The van der Waals surface area contributed by atoms with Crippen molar-refractivity contribution < 1.29 is 41.0 Å². The van der Waals surface area contributed by atoms with Crippen molar-refractivity contribution >= 4 is 33.4 Å². The van der Waals surface area contributed by atoms with Crippen LogP contribution in [0.4, 0.5) is 23.2 Å². The van der Waals surface area contributed by atoms with Gasteiger partial charge in [0.25, 0.3) is 10.0 Å². The quantitative estimate of drug-likeness (QED) is 0.635. The molecule has 0 spiro atoms. The minimum Gasteiger partial charge on any atom is -0.481 e. The van der Waals surface area contributed by atoms with E-state index in [0.717, 1.165) is 58.5 Å². The molecule has 12 heteroatoms. The van der Waals surface area contributed by atoms with Crippen molar-refractivity contribution in [2.24, 2.45) is 0 Å². The number of thioether (sulfide) groups is 1. The highest BCUT2D eigenvalue weighted by molar-refractivity contribution is 8.00. The predicted octanol–water partition coefficient (Wildman–Crippen LogP) is 3.74. The normalized spacial score (nSPS) is 18.9. The third-order valence-corrected chi connectivity index (χ3v) is 7.92. The van der Waals surface area contributed by atoms with Crippen LogP contribution in [0.15, 0.2) is 52.3 Å². The zero-order valence-electron chi connectivity index (χ0n) is 15.9. The highest BCUT2D eigenvalue weighted by atomic mass is 32.2. The number of carbonyl (C=O) groups is 1. The number of halogens is 4. The summed E-state index contributed by atoms with van der Waals surface area (Å²) in [5.41, 5.74) is -3.67. The van der Waals surface area contributed by atoms with Gasteiger partial charge in [-0.05, 0) is 48.9 Å². The van der Waals surface area contributed by atoms with Gasteiger partial charge in [0.2, 0.25) is 0 Å². The van der Waals surface area contributed by atoms with Gasteiger partial charge in [-0.2, -0.15) is 13.2 Å². The van der Waals surface area contributed by atoms with E-state index in [9.17, 15) is 41.0 Å². The van der Waals surface area contributed by atoms with Gasteiger partial charge in [0.05, 0.1) is 23.0 Å². The first-order valence-corrected chi connectivity index (χ1v) is 11.3. The van der Waals surface area contributed by atoms with E-state index in [0.29, 0.717) is 6.92 Å². The Morgan fingerprint density at radius 2 is 1.81 bits per heavy atom. The zero-order chi connectivity index (χ0) is 23.2. The van der Waals surface area contributed by atoms with Crippen LogP contribution < -0.4 is 4.31 Å². The van der Waals surface area contributed by atoms with Gasteiger partial charge < -0.3 is 10.2 Å². The van der Waals surface area contributed by atoms with Crippen LogP contribution in [0.5, 0.6) is 0 Å². The molecule has 1 unspecified atom stereocenters. The summed E-state index contributed by atoms with van der Waals surface area (Å²) in [6, 6.07) is 5.97. The summed E-state index contributed by atoms with van der Waals surface area (Å²) < 4.78 is 80.3. The summed E-state index contributed by atoms with van der Waals surface area (Å²) in [4.78, 5) is 11.1. The predicted molar refractivity (Wildman–Crippen MR) is 105 cm³/mol. The number of sulfonamides is 1. The summed E-state index contributed by atoms with van der Waals surface area (Å²) in [7, 11) is -4.36. The summed E-state index contributed by atoms with van der Waals surface area (Å²) in [6.45, 7) is 0.586. The number of anilines is 1. The minimum absolute atomic E-state index is 0.0199. The maximum atomic E-state index is 13.3. The lowest BCUT2D eigenvalue weighted by atomic mass is 9.95. The second-order valence-electron chi connectivity index (χ2n) is 7.07. The number of benzene rings is 2. The largest absolute Gasteiger partial charge is 0.481 e. The molecule has 1 aliphatic heterocycles. The van der Waals surface area contributed by atoms with Gasteiger partial charge in [-0.1, -0.05) is 6.07 Å². The highest BCUT2D eigenvalue weighted by Crippen LogP contribution is 2.45. The average molecular weight is 479 g/mol. The summed E-state index contributed by atoms with van der Waals surface area (Å²) in [5.74, 6) is -1.98. The molecule has 2 aromatic rings. The molecule has 2 N–H and O–H groups in total. The molecule has 3 rings (SSSR count). The van der Waals surface area contributed by atoms with Crippen LogP contribution in [-0.2, 0) is 20.4 Å². The Kier molecular flexibility index (Phi) is 6.02. The molecule has 0 bridgehead atoms. The van der Waals surface area contributed by atoms with Gasteiger partial charge in [-0.3, -0.25) is 9.10 Å². The Bertz CT molecular complexity index is 1100. The van der Waals surface area contributed by atoms with Gasteiger partial charge in [0.15, 0.2) is 5.60 Å². The fraction of sp³-hybridized carbons (Fsp3) is 0.316. The number of rotatable bonds is 5. The van der Waals surface area contributed by atoms with E-state index in [1.165, 1.54) is 0 Å². The van der Waals surface area contributed by atoms with Gasteiger partial charge in [-0.25, -0.2) is 12.8 Å². The van der Waals surface area contributed by atoms with E-state index in [2.05, 4.69) is 0 Å². The fourth-order valence-electron chi connectivity index (χ4n) is 3.12. The van der Waals surface area contributed by atoms with Crippen LogP contribution in [0.25, 0.3) is 0 Å². The van der Waals surface area contributed by atoms with E-state index in [-0.39, 0.29) is 21.2 Å². The maximum Gasteiger partial charge on any atom is 0.421 e. The number of fused-ring (bicyclic) bond motifs is 1. The number of aliphatic hydroxyl groups is 1. The second-order valence-corrected chi connectivity index (χ2v) is 9.95. The first-order valence-electron chi connectivity index (χ1n) is 8.83. The molecule has 0 aromatic heterocycles. The molecule has 0 fully saturated rings. The van der Waals surface area contributed by atoms with Crippen LogP contribution in [0.3, 0.4) is 0 Å². The van der Waals surface area contributed by atoms with Crippen molar-refractivity contribution in [3.05, 3.63) is 53.8 Å². The van der Waals surface area contributed by atoms with E-state index in [1.54, 1.807) is 0 Å². The van der Waals surface area contributed by atoms with E-state index in [4.69, 9.17) is 0 Å². The molecule has 168 valence electrons. The second kappa shape index (κ2) is 7.99. The topological polar surface area (TPSA) is 94.9 Å². The van der Waals surface area contributed by atoms with Gasteiger partial charge in [-0.15, -0.1) is 11.8 Å². The van der Waals surface area contributed by atoms with Gasteiger partial charge in [0.1, 0.15) is 5.82 Å². The Morgan fingerprint density at radius 3 is 2.35 bits per heavy atom. The molecule has 1 aliphatic rings. The minimum atomic E-state index is -4.97. The standard InChI is InChI=1S/C19H17F4NO5S2/c1-18(27,19(21,22)23)11-2-7-15-16(8-11)30-10-13(9-17(25)26)24(15)31(28,29)14-5-3-12(20)4-6-14/h2-8,13,27H,9-10H2,1H3,(H,25,26)/t13-,18?/m1/s1. The number of hydrogen-bond donors (Lipinski definition) is 2. The van der Waals surface area contributed by atoms with Crippen molar-refractivity contribution in [3.63, 3.8) is 0 Å². The first-order chi connectivity index (χ1) is 14.2. The maximum absolute atomic E-state index is 13.3. The SMILES string of the molecule is CC(O)(c1ccc2c(c1)SC[C@@H](CC(=O)O)N2S(=O)(=O)c1ccc(F)cc1)C(F)(F)F. The lowest BCUT2D eigenvalue weighted by Crippen LogP contribution is -2.45. The molecule has 0 radical (unpaired) electrons. The monoisotopic (exact) mass is 479 g/mol. The molecule has 0 amide bonds. The fourth-order valence-corrected chi connectivity index (χ4v) is 6.10. The summed E-state index contributed by atoms with van der Waals surface area (Å²) in [5, 5.41) is 19.2. The molecule has 31 heavy (non-hydrogen) atoms. The summed E-state index contributed by atoms with van der Waals surface area (Å²) >= 11 is 0.989. The van der Waals surface area contributed by atoms with Gasteiger partial charge >= 0.3 is 12.1 Å². The van der Waals surface area contributed by atoms with E-state index in [1.807, 2.05) is 0 Å². The molecule has 6 nitrogen and oxygen atoms in total.